The Balaban J connectivity index is 1.44. The predicted octanol–water partition coefficient (Wildman–Crippen LogP) is 5.33. The number of nitrogens with one attached hydrogen (secondary N) is 1. The van der Waals surface area contributed by atoms with E-state index in [1.165, 1.54) is 5.56 Å². The number of hydrogen-bond acceptors (Lipinski definition) is 6. The third-order valence-corrected chi connectivity index (χ3v) is 7.02. The standard InChI is InChI=1S/C23H20N2O3S2/c1-13-3-5-15(6-4-13)20-14(2)30-23-21(20)22(26)24-19(25-23)12-29-16-7-8-17-18(11-16)28-10-9-27-17/h3-8,11H,9-10,12H2,1-2H3,(H,24,25,26). The zero-order valence-electron chi connectivity index (χ0n) is 16.7. The molecule has 0 saturated heterocycles. The normalized spacial score (nSPS) is 13.0. The van der Waals surface area contributed by atoms with Gasteiger partial charge in [-0.1, -0.05) is 29.8 Å². The number of thiophene rings is 1. The van der Waals surface area contributed by atoms with Crippen LogP contribution in [0.15, 0.2) is 52.2 Å². The molecule has 0 atom stereocenters. The highest BCUT2D eigenvalue weighted by Gasteiger charge is 2.17. The van der Waals surface area contributed by atoms with Crippen molar-refractivity contribution in [2.75, 3.05) is 13.2 Å². The molecule has 0 unspecified atom stereocenters. The second-order valence-electron chi connectivity index (χ2n) is 7.19. The van der Waals surface area contributed by atoms with Crippen molar-refractivity contribution in [3.05, 3.63) is 69.1 Å². The lowest BCUT2D eigenvalue weighted by Crippen LogP contribution is -2.15. The maximum Gasteiger partial charge on any atom is 0.260 e. The highest BCUT2D eigenvalue weighted by Crippen LogP contribution is 2.37. The number of nitrogens with zero attached hydrogens (tertiary/aromatic N) is 1. The molecule has 1 aliphatic heterocycles. The molecule has 30 heavy (non-hydrogen) atoms. The fourth-order valence-electron chi connectivity index (χ4n) is 3.56. The van der Waals surface area contributed by atoms with Gasteiger partial charge in [0.1, 0.15) is 23.9 Å². The van der Waals surface area contributed by atoms with E-state index in [-0.39, 0.29) is 5.56 Å². The molecule has 5 rings (SSSR count). The average molecular weight is 437 g/mol. The molecule has 7 heteroatoms. The van der Waals surface area contributed by atoms with Crippen LogP contribution in [0.5, 0.6) is 11.5 Å². The number of hydrogen-bond donors (Lipinski definition) is 1. The van der Waals surface area contributed by atoms with Gasteiger partial charge in [0.15, 0.2) is 11.5 Å². The number of aryl methyl sites for hydroxylation is 2. The van der Waals surface area contributed by atoms with Gasteiger partial charge in [-0.3, -0.25) is 4.79 Å². The van der Waals surface area contributed by atoms with Gasteiger partial charge in [-0.15, -0.1) is 23.1 Å². The summed E-state index contributed by atoms with van der Waals surface area (Å²) >= 11 is 3.18. The summed E-state index contributed by atoms with van der Waals surface area (Å²) in [6.45, 7) is 5.25. The fourth-order valence-corrected chi connectivity index (χ4v) is 5.42. The van der Waals surface area contributed by atoms with Crippen molar-refractivity contribution in [2.24, 2.45) is 0 Å². The molecule has 0 bridgehead atoms. The van der Waals surface area contributed by atoms with Gasteiger partial charge in [0, 0.05) is 15.3 Å². The molecule has 0 saturated carbocycles. The van der Waals surface area contributed by atoms with E-state index in [0.717, 1.165) is 37.2 Å². The van der Waals surface area contributed by atoms with Crippen molar-refractivity contribution in [3.8, 4) is 22.6 Å². The van der Waals surface area contributed by atoms with Gasteiger partial charge in [0.2, 0.25) is 0 Å². The van der Waals surface area contributed by atoms with Crippen molar-refractivity contribution in [3.63, 3.8) is 0 Å². The van der Waals surface area contributed by atoms with Crippen LogP contribution >= 0.6 is 23.1 Å². The molecule has 0 aliphatic carbocycles. The minimum atomic E-state index is -0.0855. The minimum absolute atomic E-state index is 0.0855. The molecule has 3 heterocycles. The first-order valence-electron chi connectivity index (χ1n) is 9.70. The average Bonchev–Trinajstić information content (AvgIpc) is 3.09. The quantitative estimate of drug-likeness (QED) is 0.438. The lowest BCUT2D eigenvalue weighted by atomic mass is 10.0. The largest absolute Gasteiger partial charge is 0.486 e. The lowest BCUT2D eigenvalue weighted by molar-refractivity contribution is 0.171. The molecule has 1 N–H and O–H groups in total. The minimum Gasteiger partial charge on any atom is -0.486 e. The Bertz CT molecular complexity index is 1290. The predicted molar refractivity (Wildman–Crippen MR) is 122 cm³/mol. The van der Waals surface area contributed by atoms with E-state index >= 15 is 0 Å². The highest BCUT2D eigenvalue weighted by molar-refractivity contribution is 7.98. The van der Waals surface area contributed by atoms with Crippen molar-refractivity contribution >= 4 is 33.3 Å². The van der Waals surface area contributed by atoms with Gasteiger partial charge in [-0.2, -0.15) is 0 Å². The summed E-state index contributed by atoms with van der Waals surface area (Å²) in [5.41, 5.74) is 3.14. The highest BCUT2D eigenvalue weighted by atomic mass is 32.2. The fraction of sp³-hybridized carbons (Fsp3) is 0.217. The SMILES string of the molecule is Cc1ccc(-c2c(C)sc3nc(CSc4ccc5c(c4)OCCO5)[nH]c(=O)c23)cc1. The third kappa shape index (κ3) is 3.59. The molecule has 5 nitrogen and oxygen atoms in total. The van der Waals surface area contributed by atoms with Gasteiger partial charge in [-0.25, -0.2) is 4.98 Å². The Hall–Kier alpha value is -2.77. The number of ether oxygens (including phenoxy) is 2. The van der Waals surface area contributed by atoms with Crippen molar-refractivity contribution in [1.82, 2.24) is 9.97 Å². The monoisotopic (exact) mass is 436 g/mol. The number of aromatic nitrogens is 2. The molecule has 4 aromatic rings. The first kappa shape index (κ1) is 19.2. The number of rotatable bonds is 4. The maximum atomic E-state index is 12.9. The van der Waals surface area contributed by atoms with E-state index < -0.39 is 0 Å². The van der Waals surface area contributed by atoms with E-state index in [2.05, 4.69) is 36.2 Å². The van der Waals surface area contributed by atoms with E-state index in [4.69, 9.17) is 14.5 Å². The summed E-state index contributed by atoms with van der Waals surface area (Å²) < 4.78 is 11.2. The number of benzene rings is 2. The topological polar surface area (TPSA) is 64.2 Å². The zero-order valence-corrected chi connectivity index (χ0v) is 18.3. The molecule has 0 fully saturated rings. The van der Waals surface area contributed by atoms with Crippen molar-refractivity contribution in [1.29, 1.82) is 0 Å². The van der Waals surface area contributed by atoms with Gasteiger partial charge >= 0.3 is 0 Å². The van der Waals surface area contributed by atoms with E-state index in [9.17, 15) is 4.79 Å². The Morgan fingerprint density at radius 2 is 1.83 bits per heavy atom. The van der Waals surface area contributed by atoms with Crippen LogP contribution in [0.25, 0.3) is 21.3 Å². The molecular weight excluding hydrogens is 416 g/mol. The first-order chi connectivity index (χ1) is 14.6. The van der Waals surface area contributed by atoms with E-state index in [1.54, 1.807) is 23.1 Å². The van der Waals surface area contributed by atoms with E-state index in [1.807, 2.05) is 25.1 Å². The van der Waals surface area contributed by atoms with Gasteiger partial charge in [0.05, 0.1) is 11.1 Å². The summed E-state index contributed by atoms with van der Waals surface area (Å²) in [6, 6.07) is 14.2. The van der Waals surface area contributed by atoms with Gasteiger partial charge in [-0.05, 0) is 37.6 Å². The Morgan fingerprint density at radius 1 is 1.07 bits per heavy atom. The van der Waals surface area contributed by atoms with Crippen LogP contribution in [0.3, 0.4) is 0 Å². The Labute approximate surface area is 182 Å². The number of H-pyrrole nitrogens is 1. The Morgan fingerprint density at radius 3 is 2.63 bits per heavy atom. The van der Waals surface area contributed by atoms with Gasteiger partial charge in [0.25, 0.3) is 5.56 Å². The van der Waals surface area contributed by atoms with Crippen molar-refractivity contribution < 1.29 is 9.47 Å². The van der Waals surface area contributed by atoms with Crippen LogP contribution in [0.4, 0.5) is 0 Å². The first-order valence-corrected chi connectivity index (χ1v) is 11.5. The molecule has 0 spiro atoms. The van der Waals surface area contributed by atoms with Crippen LogP contribution in [0.1, 0.15) is 16.3 Å². The Kier molecular flexibility index (Phi) is 5.00. The number of aromatic amines is 1. The number of fused-ring (bicyclic) bond motifs is 2. The van der Waals surface area contributed by atoms with Crippen LogP contribution in [-0.2, 0) is 5.75 Å². The number of thioether (sulfide) groups is 1. The third-order valence-electron chi connectivity index (χ3n) is 5.02. The van der Waals surface area contributed by atoms with Crippen LogP contribution in [-0.4, -0.2) is 23.2 Å². The molecule has 2 aromatic carbocycles. The van der Waals surface area contributed by atoms with Gasteiger partial charge < -0.3 is 14.5 Å². The molecule has 2 aromatic heterocycles. The van der Waals surface area contributed by atoms with Crippen LogP contribution in [0.2, 0.25) is 0 Å². The van der Waals surface area contributed by atoms with Crippen LogP contribution in [0, 0.1) is 13.8 Å². The smallest absolute Gasteiger partial charge is 0.260 e. The molecule has 152 valence electrons. The molecular formula is C23H20N2O3S2. The summed E-state index contributed by atoms with van der Waals surface area (Å²) in [6.07, 6.45) is 0. The maximum absolute atomic E-state index is 12.9. The van der Waals surface area contributed by atoms with Crippen molar-refractivity contribution in [2.45, 2.75) is 24.5 Å². The second-order valence-corrected chi connectivity index (χ2v) is 9.44. The molecule has 0 radical (unpaired) electrons. The zero-order chi connectivity index (χ0) is 20.7. The van der Waals surface area contributed by atoms with E-state index in [0.29, 0.717) is 30.2 Å². The second kappa shape index (κ2) is 7.81. The summed E-state index contributed by atoms with van der Waals surface area (Å²) in [7, 11) is 0. The lowest BCUT2D eigenvalue weighted by Gasteiger charge is -2.18. The van der Waals surface area contributed by atoms with Crippen LogP contribution < -0.4 is 15.0 Å². The summed E-state index contributed by atoms with van der Waals surface area (Å²) in [5, 5.41) is 0.675. The summed E-state index contributed by atoms with van der Waals surface area (Å²) in [4.78, 5) is 23.6. The molecule has 1 aliphatic rings. The molecule has 0 amide bonds. The summed E-state index contributed by atoms with van der Waals surface area (Å²) in [5.74, 6) is 2.78.